The highest BCUT2D eigenvalue weighted by atomic mass is 16.2. The summed E-state index contributed by atoms with van der Waals surface area (Å²) >= 11 is 0. The van der Waals surface area contributed by atoms with Crippen LogP contribution in [0.4, 0.5) is 11.4 Å². The molecular weight excluding hydrogens is 238 g/mol. The van der Waals surface area contributed by atoms with Crippen LogP contribution in [0.25, 0.3) is 0 Å². The molecule has 1 aromatic rings. The number of rotatable bonds is 3. The van der Waals surface area contributed by atoms with Crippen molar-refractivity contribution >= 4 is 17.3 Å². The number of amides is 1. The monoisotopic (exact) mass is 261 g/mol. The van der Waals surface area contributed by atoms with Gasteiger partial charge in [0.2, 0.25) is 5.91 Å². The lowest BCUT2D eigenvalue weighted by Gasteiger charge is -2.34. The molecule has 1 fully saturated rings. The second-order valence-electron chi connectivity index (χ2n) is 5.23. The minimum atomic E-state index is -0.178. The molecule has 0 aromatic heterocycles. The number of nitrogens with two attached hydrogens (primary N) is 1. The van der Waals surface area contributed by atoms with Gasteiger partial charge in [0.05, 0.1) is 11.4 Å². The first kappa shape index (κ1) is 13.7. The van der Waals surface area contributed by atoms with Crippen molar-refractivity contribution < 1.29 is 4.79 Å². The minimum Gasteiger partial charge on any atom is -0.397 e. The van der Waals surface area contributed by atoms with E-state index in [4.69, 9.17) is 5.73 Å². The van der Waals surface area contributed by atoms with Crippen LogP contribution in [0, 0.1) is 0 Å². The van der Waals surface area contributed by atoms with Gasteiger partial charge >= 0.3 is 0 Å². The molecule has 1 aliphatic rings. The molecule has 0 radical (unpaired) electrons. The van der Waals surface area contributed by atoms with Gasteiger partial charge in [0.15, 0.2) is 0 Å². The van der Waals surface area contributed by atoms with Gasteiger partial charge in [0.25, 0.3) is 0 Å². The van der Waals surface area contributed by atoms with Gasteiger partial charge in [0, 0.05) is 20.1 Å². The van der Waals surface area contributed by atoms with E-state index in [1.54, 1.807) is 0 Å². The van der Waals surface area contributed by atoms with Crippen molar-refractivity contribution in [1.29, 1.82) is 0 Å². The molecule has 1 unspecified atom stereocenters. The lowest BCUT2D eigenvalue weighted by molar-refractivity contribution is -0.133. The van der Waals surface area contributed by atoms with E-state index in [0.29, 0.717) is 5.69 Å². The Morgan fingerprint density at radius 2 is 1.89 bits per heavy atom. The lowest BCUT2D eigenvalue weighted by atomic mass is 10.1. The van der Waals surface area contributed by atoms with Crippen LogP contribution in [0.1, 0.15) is 26.2 Å². The Balaban J connectivity index is 2.08. The van der Waals surface area contributed by atoms with E-state index in [-0.39, 0.29) is 11.9 Å². The number of benzene rings is 1. The van der Waals surface area contributed by atoms with E-state index in [1.807, 2.05) is 48.0 Å². The molecule has 19 heavy (non-hydrogen) atoms. The first-order valence-corrected chi connectivity index (χ1v) is 6.97. The molecule has 1 aromatic carbocycles. The number of piperidine rings is 1. The molecule has 1 heterocycles. The first-order chi connectivity index (χ1) is 9.11. The number of carbonyl (C=O) groups excluding carboxylic acids is 1. The van der Waals surface area contributed by atoms with Crippen LogP contribution < -0.4 is 10.6 Å². The number of anilines is 2. The van der Waals surface area contributed by atoms with Crippen LogP contribution in [0.2, 0.25) is 0 Å². The third-order valence-electron chi connectivity index (χ3n) is 3.92. The average molecular weight is 261 g/mol. The van der Waals surface area contributed by atoms with E-state index >= 15 is 0 Å². The number of hydrogen-bond donors (Lipinski definition) is 1. The van der Waals surface area contributed by atoms with Gasteiger partial charge in [-0.2, -0.15) is 0 Å². The van der Waals surface area contributed by atoms with Crippen molar-refractivity contribution in [2.75, 3.05) is 30.8 Å². The fourth-order valence-corrected chi connectivity index (χ4v) is 2.56. The molecule has 0 bridgehead atoms. The van der Waals surface area contributed by atoms with Crippen LogP contribution >= 0.6 is 0 Å². The third-order valence-corrected chi connectivity index (χ3v) is 3.92. The van der Waals surface area contributed by atoms with Crippen LogP contribution in [-0.4, -0.2) is 37.0 Å². The largest absolute Gasteiger partial charge is 0.397 e. The van der Waals surface area contributed by atoms with E-state index in [2.05, 4.69) is 0 Å². The zero-order valence-electron chi connectivity index (χ0n) is 11.8. The maximum Gasteiger partial charge on any atom is 0.244 e. The van der Waals surface area contributed by atoms with E-state index < -0.39 is 0 Å². The SMILES string of the molecule is CC(C(=O)N1CCCCC1)N(C)c1ccccc1N. The summed E-state index contributed by atoms with van der Waals surface area (Å²) in [7, 11) is 1.93. The van der Waals surface area contributed by atoms with Gasteiger partial charge in [0.1, 0.15) is 6.04 Å². The second-order valence-corrected chi connectivity index (χ2v) is 5.23. The van der Waals surface area contributed by atoms with Crippen molar-refractivity contribution in [3.8, 4) is 0 Å². The maximum atomic E-state index is 12.5. The summed E-state index contributed by atoms with van der Waals surface area (Å²) in [5.41, 5.74) is 7.60. The Labute approximate surface area is 115 Å². The fourth-order valence-electron chi connectivity index (χ4n) is 2.56. The third kappa shape index (κ3) is 3.00. The summed E-state index contributed by atoms with van der Waals surface area (Å²) in [6, 6.07) is 7.49. The van der Waals surface area contributed by atoms with Crippen LogP contribution in [-0.2, 0) is 4.79 Å². The Morgan fingerprint density at radius 3 is 2.53 bits per heavy atom. The van der Waals surface area contributed by atoms with Gasteiger partial charge in [-0.05, 0) is 38.3 Å². The Kier molecular flexibility index (Phi) is 4.30. The van der Waals surface area contributed by atoms with Crippen LogP contribution in [0.15, 0.2) is 24.3 Å². The lowest BCUT2D eigenvalue weighted by Crippen LogP contribution is -2.47. The average Bonchev–Trinajstić information content (AvgIpc) is 2.46. The van der Waals surface area contributed by atoms with Crippen LogP contribution in [0.3, 0.4) is 0 Å². The highest BCUT2D eigenvalue weighted by molar-refractivity contribution is 5.86. The molecule has 0 aliphatic carbocycles. The molecule has 2 N–H and O–H groups in total. The molecule has 4 nitrogen and oxygen atoms in total. The molecular formula is C15H23N3O. The van der Waals surface area contributed by atoms with Gasteiger partial charge in [-0.25, -0.2) is 0 Å². The highest BCUT2D eigenvalue weighted by Crippen LogP contribution is 2.24. The number of hydrogen-bond acceptors (Lipinski definition) is 3. The smallest absolute Gasteiger partial charge is 0.244 e. The zero-order valence-corrected chi connectivity index (χ0v) is 11.8. The number of nitrogens with zero attached hydrogens (tertiary/aromatic N) is 2. The fraction of sp³-hybridized carbons (Fsp3) is 0.533. The minimum absolute atomic E-state index is 0.178. The molecule has 0 saturated carbocycles. The quantitative estimate of drug-likeness (QED) is 0.848. The molecule has 104 valence electrons. The maximum absolute atomic E-state index is 12.5. The van der Waals surface area contributed by atoms with Gasteiger partial charge in [-0.3, -0.25) is 4.79 Å². The van der Waals surface area contributed by atoms with Crippen molar-refractivity contribution in [3.05, 3.63) is 24.3 Å². The number of nitrogen functional groups attached to an aromatic ring is 1. The predicted octanol–water partition coefficient (Wildman–Crippen LogP) is 2.11. The molecule has 1 atom stereocenters. The molecule has 4 heteroatoms. The Bertz CT molecular complexity index is 441. The van der Waals surface area contributed by atoms with Gasteiger partial charge in [-0.15, -0.1) is 0 Å². The van der Waals surface area contributed by atoms with E-state index in [9.17, 15) is 4.79 Å². The topological polar surface area (TPSA) is 49.6 Å². The van der Waals surface area contributed by atoms with Crippen molar-refractivity contribution in [1.82, 2.24) is 4.90 Å². The number of para-hydroxylation sites is 2. The number of likely N-dealkylation sites (tertiary alicyclic amines) is 1. The summed E-state index contributed by atoms with van der Waals surface area (Å²) in [6.07, 6.45) is 3.48. The van der Waals surface area contributed by atoms with Crippen molar-refractivity contribution in [2.45, 2.75) is 32.2 Å². The van der Waals surface area contributed by atoms with E-state index in [1.165, 1.54) is 6.42 Å². The first-order valence-electron chi connectivity index (χ1n) is 6.97. The summed E-state index contributed by atoms with van der Waals surface area (Å²) in [4.78, 5) is 16.4. The van der Waals surface area contributed by atoms with E-state index in [0.717, 1.165) is 31.6 Å². The zero-order chi connectivity index (χ0) is 13.8. The summed E-state index contributed by atoms with van der Waals surface area (Å²) in [5.74, 6) is 0.199. The Morgan fingerprint density at radius 1 is 1.26 bits per heavy atom. The van der Waals surface area contributed by atoms with Gasteiger partial charge < -0.3 is 15.5 Å². The molecule has 1 amide bonds. The molecule has 2 rings (SSSR count). The number of carbonyl (C=O) groups is 1. The standard InChI is InChI=1S/C15H23N3O/c1-12(15(19)18-10-6-3-7-11-18)17(2)14-9-5-4-8-13(14)16/h4-5,8-9,12H,3,6-7,10-11,16H2,1-2H3. The summed E-state index contributed by atoms with van der Waals surface area (Å²) in [5, 5.41) is 0. The van der Waals surface area contributed by atoms with Crippen molar-refractivity contribution in [2.24, 2.45) is 0 Å². The highest BCUT2D eigenvalue weighted by Gasteiger charge is 2.25. The Hall–Kier alpha value is -1.71. The molecule has 1 saturated heterocycles. The summed E-state index contributed by atoms with van der Waals surface area (Å²) in [6.45, 7) is 3.73. The normalized spacial score (nSPS) is 17.1. The van der Waals surface area contributed by atoms with Crippen LogP contribution in [0.5, 0.6) is 0 Å². The second kappa shape index (κ2) is 5.95. The molecule has 0 spiro atoms. The number of likely N-dealkylation sites (N-methyl/N-ethyl adjacent to an activating group) is 1. The van der Waals surface area contributed by atoms with Crippen molar-refractivity contribution in [3.63, 3.8) is 0 Å². The van der Waals surface area contributed by atoms with Gasteiger partial charge in [-0.1, -0.05) is 12.1 Å². The molecule has 1 aliphatic heterocycles. The summed E-state index contributed by atoms with van der Waals surface area (Å²) < 4.78 is 0. The predicted molar refractivity (Wildman–Crippen MR) is 79.2 cm³/mol.